The molecule has 0 aliphatic carbocycles. The van der Waals surface area contributed by atoms with Crippen LogP contribution < -0.4 is 26.8 Å². The number of hydrogen-bond acceptors (Lipinski definition) is 4. The van der Waals surface area contributed by atoms with Crippen LogP contribution >= 0.6 is 0 Å². The van der Waals surface area contributed by atoms with E-state index in [4.69, 9.17) is 5.73 Å². The molecule has 0 amide bonds. The summed E-state index contributed by atoms with van der Waals surface area (Å²) in [6.45, 7) is 5.74. The number of piperidine rings is 1. The second kappa shape index (κ2) is 8.95. The van der Waals surface area contributed by atoms with Gasteiger partial charge in [-0.05, 0) is 55.3 Å². The molecule has 144 valence electrons. The SMILES string of the molecule is C=C/C=c1/cc(C2C=C(C(F)F)N=CC2)cc(NC2CCNCC2)/c1=C/N. The molecule has 1 fully saturated rings. The molecule has 6 heteroatoms. The van der Waals surface area contributed by atoms with E-state index in [9.17, 15) is 8.78 Å². The maximum Gasteiger partial charge on any atom is 0.280 e. The van der Waals surface area contributed by atoms with E-state index in [2.05, 4.69) is 22.2 Å². The molecular formula is C21H26F2N4. The van der Waals surface area contributed by atoms with Gasteiger partial charge in [0.1, 0.15) is 5.70 Å². The zero-order valence-electron chi connectivity index (χ0n) is 15.3. The Balaban J connectivity index is 2.03. The Kier molecular flexibility index (Phi) is 6.40. The van der Waals surface area contributed by atoms with Gasteiger partial charge in [0, 0.05) is 35.3 Å². The van der Waals surface area contributed by atoms with Gasteiger partial charge in [0.05, 0.1) is 0 Å². The van der Waals surface area contributed by atoms with Gasteiger partial charge in [0.25, 0.3) is 6.43 Å². The minimum absolute atomic E-state index is 0.135. The number of rotatable bonds is 5. The number of nitrogens with one attached hydrogen (secondary N) is 2. The maximum atomic E-state index is 13.1. The smallest absolute Gasteiger partial charge is 0.280 e. The van der Waals surface area contributed by atoms with E-state index in [1.54, 1.807) is 24.6 Å². The highest BCUT2D eigenvalue weighted by molar-refractivity contribution is 5.64. The van der Waals surface area contributed by atoms with Gasteiger partial charge >= 0.3 is 0 Å². The monoisotopic (exact) mass is 372 g/mol. The highest BCUT2D eigenvalue weighted by atomic mass is 19.3. The van der Waals surface area contributed by atoms with Crippen LogP contribution in [-0.4, -0.2) is 31.8 Å². The lowest BCUT2D eigenvalue weighted by molar-refractivity contribution is 0.187. The summed E-state index contributed by atoms with van der Waals surface area (Å²) in [7, 11) is 0. The van der Waals surface area contributed by atoms with Crippen molar-refractivity contribution in [1.29, 1.82) is 0 Å². The lowest BCUT2D eigenvalue weighted by atomic mass is 9.91. The fourth-order valence-electron chi connectivity index (χ4n) is 3.62. The van der Waals surface area contributed by atoms with Crippen LogP contribution in [0, 0.1) is 0 Å². The molecule has 1 aromatic rings. The van der Waals surface area contributed by atoms with Gasteiger partial charge in [0.15, 0.2) is 0 Å². The van der Waals surface area contributed by atoms with E-state index in [0.717, 1.165) is 47.6 Å². The number of anilines is 1. The van der Waals surface area contributed by atoms with E-state index in [1.165, 1.54) is 0 Å². The largest absolute Gasteiger partial charge is 0.404 e. The zero-order chi connectivity index (χ0) is 19.2. The first-order valence-corrected chi connectivity index (χ1v) is 9.30. The summed E-state index contributed by atoms with van der Waals surface area (Å²) in [5.74, 6) is -0.135. The number of benzene rings is 1. The van der Waals surface area contributed by atoms with Crippen LogP contribution in [0.25, 0.3) is 12.3 Å². The van der Waals surface area contributed by atoms with Crippen molar-refractivity contribution in [3.63, 3.8) is 0 Å². The minimum Gasteiger partial charge on any atom is -0.404 e. The Morgan fingerprint density at radius 3 is 2.74 bits per heavy atom. The summed E-state index contributed by atoms with van der Waals surface area (Å²) in [6.07, 6.45) is 8.43. The molecule has 1 aromatic carbocycles. The first-order valence-electron chi connectivity index (χ1n) is 9.30. The molecule has 1 saturated heterocycles. The third kappa shape index (κ3) is 4.63. The van der Waals surface area contributed by atoms with Crippen LogP contribution in [0.15, 0.2) is 41.6 Å². The number of alkyl halides is 2. The lowest BCUT2D eigenvalue weighted by Crippen LogP contribution is -2.38. The number of hydrogen-bond donors (Lipinski definition) is 3. The average Bonchev–Trinajstić information content (AvgIpc) is 2.69. The summed E-state index contributed by atoms with van der Waals surface area (Å²) in [5.41, 5.74) is 7.65. The summed E-state index contributed by atoms with van der Waals surface area (Å²) in [5, 5.41) is 8.79. The Labute approximate surface area is 158 Å². The Bertz CT molecular complexity index is 852. The molecular weight excluding hydrogens is 346 g/mol. The normalized spacial score (nSPS) is 22.2. The maximum absolute atomic E-state index is 13.1. The van der Waals surface area contributed by atoms with Crippen LogP contribution in [-0.2, 0) is 0 Å². The molecule has 27 heavy (non-hydrogen) atoms. The predicted molar refractivity (Wildman–Crippen MR) is 108 cm³/mol. The summed E-state index contributed by atoms with van der Waals surface area (Å²) in [6, 6.07) is 4.39. The second-order valence-corrected chi connectivity index (χ2v) is 6.86. The third-order valence-electron chi connectivity index (χ3n) is 5.02. The van der Waals surface area contributed by atoms with Crippen molar-refractivity contribution in [1.82, 2.24) is 5.32 Å². The number of allylic oxidation sites excluding steroid dienone is 3. The third-order valence-corrected chi connectivity index (χ3v) is 5.02. The van der Waals surface area contributed by atoms with E-state index in [1.807, 2.05) is 18.2 Å². The van der Waals surface area contributed by atoms with Crippen LogP contribution in [0.4, 0.5) is 14.5 Å². The van der Waals surface area contributed by atoms with Crippen molar-refractivity contribution in [3.8, 4) is 0 Å². The summed E-state index contributed by atoms with van der Waals surface area (Å²) >= 11 is 0. The molecule has 2 heterocycles. The van der Waals surface area contributed by atoms with Gasteiger partial charge in [-0.2, -0.15) is 0 Å². The van der Waals surface area contributed by atoms with E-state index in [-0.39, 0.29) is 11.6 Å². The number of aliphatic imine (C=N–C) groups is 1. The van der Waals surface area contributed by atoms with Crippen molar-refractivity contribution in [3.05, 3.63) is 52.6 Å². The Morgan fingerprint density at radius 2 is 2.07 bits per heavy atom. The Morgan fingerprint density at radius 1 is 1.30 bits per heavy atom. The zero-order valence-corrected chi connectivity index (χ0v) is 15.3. The second-order valence-electron chi connectivity index (χ2n) is 6.86. The Hall–Kier alpha value is -2.47. The van der Waals surface area contributed by atoms with Gasteiger partial charge in [0.2, 0.25) is 0 Å². The predicted octanol–water partition coefficient (Wildman–Crippen LogP) is 2.22. The molecule has 3 rings (SSSR count). The topological polar surface area (TPSA) is 62.4 Å². The highest BCUT2D eigenvalue weighted by Gasteiger charge is 2.20. The van der Waals surface area contributed by atoms with Crippen LogP contribution in [0.5, 0.6) is 0 Å². The number of nitrogens with zero attached hydrogens (tertiary/aromatic N) is 1. The van der Waals surface area contributed by atoms with E-state index < -0.39 is 6.43 Å². The van der Waals surface area contributed by atoms with Crippen molar-refractivity contribution in [2.45, 2.75) is 37.6 Å². The van der Waals surface area contributed by atoms with Gasteiger partial charge in [-0.3, -0.25) is 4.99 Å². The van der Waals surface area contributed by atoms with Crippen molar-refractivity contribution in [2.75, 3.05) is 18.4 Å². The summed E-state index contributed by atoms with van der Waals surface area (Å²) < 4.78 is 26.2. The van der Waals surface area contributed by atoms with Crippen LogP contribution in [0.2, 0.25) is 0 Å². The molecule has 2 aliphatic rings. The molecule has 1 unspecified atom stereocenters. The number of halogens is 2. The van der Waals surface area contributed by atoms with Crippen molar-refractivity contribution >= 4 is 24.2 Å². The number of nitrogens with two attached hydrogens (primary N) is 1. The minimum atomic E-state index is -2.56. The van der Waals surface area contributed by atoms with Crippen LogP contribution in [0.3, 0.4) is 0 Å². The van der Waals surface area contributed by atoms with Crippen LogP contribution in [0.1, 0.15) is 30.7 Å². The standard InChI is InChI=1S/C21H26F2N4/c1-2-3-15-10-16(14-4-9-26-20(11-14)21(22)23)12-19(18(15)13-24)27-17-5-7-25-8-6-17/h2-3,9-14,17,21,25,27H,1,4-8,24H2/b15-3-,18-13+. The molecule has 0 radical (unpaired) electrons. The first-order chi connectivity index (χ1) is 13.1. The molecule has 0 spiro atoms. The van der Waals surface area contributed by atoms with Gasteiger partial charge < -0.3 is 16.4 Å². The molecule has 0 aromatic heterocycles. The van der Waals surface area contributed by atoms with E-state index in [0.29, 0.717) is 12.5 Å². The summed E-state index contributed by atoms with van der Waals surface area (Å²) in [4.78, 5) is 3.83. The molecule has 0 saturated carbocycles. The first kappa shape index (κ1) is 19.3. The van der Waals surface area contributed by atoms with Gasteiger partial charge in [-0.15, -0.1) is 0 Å². The molecule has 0 bridgehead atoms. The van der Waals surface area contributed by atoms with Gasteiger partial charge in [-0.25, -0.2) is 8.78 Å². The quantitative estimate of drug-likeness (QED) is 0.743. The lowest BCUT2D eigenvalue weighted by Gasteiger charge is -2.26. The van der Waals surface area contributed by atoms with Gasteiger partial charge in [-0.1, -0.05) is 24.8 Å². The fourth-order valence-corrected chi connectivity index (χ4v) is 3.62. The molecule has 4 N–H and O–H groups in total. The van der Waals surface area contributed by atoms with Crippen molar-refractivity contribution < 1.29 is 8.78 Å². The molecule has 1 atom stereocenters. The average molecular weight is 372 g/mol. The highest BCUT2D eigenvalue weighted by Crippen LogP contribution is 2.28. The van der Waals surface area contributed by atoms with E-state index >= 15 is 0 Å². The molecule has 2 aliphatic heterocycles. The molecule has 4 nitrogen and oxygen atoms in total. The van der Waals surface area contributed by atoms with Crippen molar-refractivity contribution in [2.24, 2.45) is 10.7 Å². The fraction of sp³-hybridized carbons (Fsp3) is 0.381.